The molecule has 20 heavy (non-hydrogen) atoms. The van der Waals surface area contributed by atoms with Crippen molar-refractivity contribution in [1.29, 1.82) is 0 Å². The van der Waals surface area contributed by atoms with Gasteiger partial charge in [-0.3, -0.25) is 0 Å². The van der Waals surface area contributed by atoms with Crippen LogP contribution in [0.15, 0.2) is 18.2 Å². The molecule has 1 N–H and O–H groups in total. The lowest BCUT2D eigenvalue weighted by Crippen LogP contribution is -2.51. The Kier molecular flexibility index (Phi) is 3.53. The Balaban J connectivity index is 1.91. The zero-order valence-corrected chi connectivity index (χ0v) is 13.0. The molecule has 0 bridgehead atoms. The molecule has 2 unspecified atom stereocenters. The maximum absolute atomic E-state index is 10.5. The van der Waals surface area contributed by atoms with Gasteiger partial charge in [-0.2, -0.15) is 0 Å². The lowest BCUT2D eigenvalue weighted by Gasteiger charge is -2.47. The minimum atomic E-state index is -0.171. The Morgan fingerprint density at radius 2 is 2.10 bits per heavy atom. The van der Waals surface area contributed by atoms with Gasteiger partial charge in [-0.15, -0.1) is 0 Å². The van der Waals surface area contributed by atoms with E-state index >= 15 is 0 Å². The Labute approximate surface area is 122 Å². The molecule has 0 aromatic heterocycles. The number of nitrogens with zero attached hydrogens (tertiary/aromatic N) is 1. The van der Waals surface area contributed by atoms with Gasteiger partial charge < -0.3 is 10.0 Å². The van der Waals surface area contributed by atoms with Crippen LogP contribution in [0.25, 0.3) is 0 Å². The molecule has 1 heterocycles. The lowest BCUT2D eigenvalue weighted by molar-refractivity contribution is 0.0547. The summed E-state index contributed by atoms with van der Waals surface area (Å²) in [7, 11) is 0. The number of rotatable bonds is 1. The van der Waals surface area contributed by atoms with Crippen LogP contribution < -0.4 is 4.90 Å². The highest BCUT2D eigenvalue weighted by Gasteiger charge is 2.38. The van der Waals surface area contributed by atoms with E-state index in [0.717, 1.165) is 25.8 Å². The maximum Gasteiger partial charge on any atom is 0.0743 e. The molecule has 2 heteroatoms. The van der Waals surface area contributed by atoms with E-state index in [1.807, 2.05) is 0 Å². The molecule has 110 valence electrons. The van der Waals surface area contributed by atoms with Crippen molar-refractivity contribution in [3.63, 3.8) is 0 Å². The van der Waals surface area contributed by atoms with Gasteiger partial charge in [0.25, 0.3) is 0 Å². The van der Waals surface area contributed by atoms with Gasteiger partial charge in [-0.1, -0.05) is 31.5 Å². The van der Waals surface area contributed by atoms with E-state index in [1.54, 1.807) is 0 Å². The number of aliphatic hydroxyl groups is 1. The first-order chi connectivity index (χ1) is 9.46. The van der Waals surface area contributed by atoms with E-state index in [0.29, 0.717) is 11.5 Å². The van der Waals surface area contributed by atoms with Gasteiger partial charge in [0.05, 0.1) is 12.1 Å². The molecule has 3 rings (SSSR count). The van der Waals surface area contributed by atoms with Crippen LogP contribution in [-0.4, -0.2) is 23.8 Å². The van der Waals surface area contributed by atoms with E-state index in [4.69, 9.17) is 0 Å². The SMILES string of the molecule is Cc1ccc2c(c1)CCCN2C1CC(C)(C)CCC1O. The number of aryl methyl sites for hydroxylation is 2. The van der Waals surface area contributed by atoms with Gasteiger partial charge in [0.1, 0.15) is 0 Å². The molecule has 2 nitrogen and oxygen atoms in total. The first kappa shape index (κ1) is 13.9. The fourth-order valence-corrected chi connectivity index (χ4v) is 3.95. The highest BCUT2D eigenvalue weighted by Crippen LogP contribution is 2.40. The molecule has 0 radical (unpaired) electrons. The van der Waals surface area contributed by atoms with Crippen molar-refractivity contribution < 1.29 is 5.11 Å². The number of hydrogen-bond donors (Lipinski definition) is 1. The Morgan fingerprint density at radius 3 is 2.90 bits per heavy atom. The van der Waals surface area contributed by atoms with Crippen molar-refractivity contribution in [3.8, 4) is 0 Å². The molecule has 0 spiro atoms. The second-order valence-corrected chi connectivity index (χ2v) is 7.47. The van der Waals surface area contributed by atoms with E-state index in [1.165, 1.54) is 29.7 Å². The smallest absolute Gasteiger partial charge is 0.0743 e. The predicted molar refractivity (Wildman–Crippen MR) is 84.3 cm³/mol. The van der Waals surface area contributed by atoms with Crippen molar-refractivity contribution in [2.45, 2.75) is 65.0 Å². The van der Waals surface area contributed by atoms with Gasteiger partial charge in [0, 0.05) is 12.2 Å². The van der Waals surface area contributed by atoms with E-state index in [-0.39, 0.29) is 6.10 Å². The fraction of sp³-hybridized carbons (Fsp3) is 0.667. The van der Waals surface area contributed by atoms with Crippen LogP contribution >= 0.6 is 0 Å². The van der Waals surface area contributed by atoms with Crippen molar-refractivity contribution in [2.75, 3.05) is 11.4 Å². The minimum Gasteiger partial charge on any atom is -0.391 e. The summed E-state index contributed by atoms with van der Waals surface area (Å²) in [6, 6.07) is 7.08. The zero-order valence-electron chi connectivity index (χ0n) is 13.0. The van der Waals surface area contributed by atoms with E-state index in [2.05, 4.69) is 43.9 Å². The average molecular weight is 273 g/mol. The molecule has 1 aromatic rings. The molecule has 1 aromatic carbocycles. The predicted octanol–water partition coefficient (Wildman–Crippen LogP) is 3.69. The summed E-state index contributed by atoms with van der Waals surface area (Å²) >= 11 is 0. The Bertz CT molecular complexity index is 494. The maximum atomic E-state index is 10.5. The average Bonchev–Trinajstić information content (AvgIpc) is 2.40. The largest absolute Gasteiger partial charge is 0.391 e. The number of anilines is 1. The molecular formula is C18H27NO. The van der Waals surface area contributed by atoms with Gasteiger partial charge in [-0.25, -0.2) is 0 Å². The van der Waals surface area contributed by atoms with Crippen LogP contribution in [0.5, 0.6) is 0 Å². The summed E-state index contributed by atoms with van der Waals surface area (Å²) in [4.78, 5) is 2.49. The van der Waals surface area contributed by atoms with Crippen LogP contribution in [-0.2, 0) is 6.42 Å². The highest BCUT2D eigenvalue weighted by molar-refractivity contribution is 5.57. The van der Waals surface area contributed by atoms with E-state index in [9.17, 15) is 5.11 Å². The number of aliphatic hydroxyl groups excluding tert-OH is 1. The summed E-state index contributed by atoms with van der Waals surface area (Å²) in [5.41, 5.74) is 4.53. The van der Waals surface area contributed by atoms with Crippen molar-refractivity contribution in [3.05, 3.63) is 29.3 Å². The fourth-order valence-electron chi connectivity index (χ4n) is 3.95. The van der Waals surface area contributed by atoms with Crippen molar-refractivity contribution in [1.82, 2.24) is 0 Å². The minimum absolute atomic E-state index is 0.171. The summed E-state index contributed by atoms with van der Waals surface area (Å²) in [5.74, 6) is 0. The van der Waals surface area contributed by atoms with Crippen LogP contribution in [0.2, 0.25) is 0 Å². The third-order valence-electron chi connectivity index (χ3n) is 5.11. The normalized spacial score (nSPS) is 29.1. The molecule has 2 atom stereocenters. The number of hydrogen-bond acceptors (Lipinski definition) is 2. The molecular weight excluding hydrogens is 246 g/mol. The second kappa shape index (κ2) is 5.07. The van der Waals surface area contributed by atoms with Crippen LogP contribution in [0.3, 0.4) is 0 Å². The molecule has 1 aliphatic heterocycles. The summed E-state index contributed by atoms with van der Waals surface area (Å²) < 4.78 is 0. The number of benzene rings is 1. The third kappa shape index (κ3) is 2.58. The lowest BCUT2D eigenvalue weighted by atomic mass is 9.73. The summed E-state index contributed by atoms with van der Waals surface area (Å²) in [6.07, 6.45) is 5.39. The second-order valence-electron chi connectivity index (χ2n) is 7.47. The topological polar surface area (TPSA) is 23.5 Å². The number of fused-ring (bicyclic) bond motifs is 1. The highest BCUT2D eigenvalue weighted by atomic mass is 16.3. The van der Waals surface area contributed by atoms with E-state index < -0.39 is 0 Å². The monoisotopic (exact) mass is 273 g/mol. The molecule has 0 amide bonds. The van der Waals surface area contributed by atoms with Crippen LogP contribution in [0.1, 0.15) is 50.7 Å². The zero-order chi connectivity index (χ0) is 14.3. The van der Waals surface area contributed by atoms with Gasteiger partial charge in [-0.05, 0) is 56.1 Å². The first-order valence-corrected chi connectivity index (χ1v) is 8.00. The van der Waals surface area contributed by atoms with Crippen LogP contribution in [0, 0.1) is 12.3 Å². The third-order valence-corrected chi connectivity index (χ3v) is 5.11. The van der Waals surface area contributed by atoms with Gasteiger partial charge in [0.15, 0.2) is 0 Å². The van der Waals surface area contributed by atoms with Crippen molar-refractivity contribution >= 4 is 5.69 Å². The molecule has 1 saturated carbocycles. The summed E-state index contributed by atoms with van der Waals surface area (Å²) in [6.45, 7) is 7.93. The quantitative estimate of drug-likeness (QED) is 0.843. The molecule has 1 fully saturated rings. The van der Waals surface area contributed by atoms with Gasteiger partial charge in [0.2, 0.25) is 0 Å². The molecule has 1 aliphatic carbocycles. The molecule has 0 saturated heterocycles. The van der Waals surface area contributed by atoms with Gasteiger partial charge >= 0.3 is 0 Å². The Hall–Kier alpha value is -1.02. The summed E-state index contributed by atoms with van der Waals surface area (Å²) in [5, 5.41) is 10.5. The Morgan fingerprint density at radius 1 is 1.30 bits per heavy atom. The standard InChI is InChI=1S/C18H27NO/c1-13-6-7-15-14(11-13)5-4-10-19(15)16-12-18(2,3)9-8-17(16)20/h6-7,11,16-17,20H,4-5,8-10,12H2,1-3H3. The van der Waals surface area contributed by atoms with Crippen LogP contribution in [0.4, 0.5) is 5.69 Å². The van der Waals surface area contributed by atoms with Crippen molar-refractivity contribution in [2.24, 2.45) is 5.41 Å². The molecule has 2 aliphatic rings. The first-order valence-electron chi connectivity index (χ1n) is 8.00.